The number of nitrogens with one attached hydrogen (secondary N) is 1. The summed E-state index contributed by atoms with van der Waals surface area (Å²) in [6, 6.07) is 13.3. The van der Waals surface area contributed by atoms with Crippen molar-refractivity contribution in [2.75, 3.05) is 36.4 Å². The zero-order chi connectivity index (χ0) is 16.9. The monoisotopic (exact) mass is 337 g/mol. The second-order valence-electron chi connectivity index (χ2n) is 7.11. The van der Waals surface area contributed by atoms with Gasteiger partial charge in [0.15, 0.2) is 0 Å². The molecule has 5 heteroatoms. The predicted molar refractivity (Wildman–Crippen MR) is 102 cm³/mol. The van der Waals surface area contributed by atoms with Gasteiger partial charge in [0.1, 0.15) is 5.82 Å². The number of hydrogen-bond acceptors (Lipinski definition) is 5. The van der Waals surface area contributed by atoms with E-state index in [9.17, 15) is 0 Å². The van der Waals surface area contributed by atoms with E-state index < -0.39 is 0 Å². The van der Waals surface area contributed by atoms with Crippen LogP contribution in [0.5, 0.6) is 0 Å². The number of nitrogens with zero attached hydrogens (tertiary/aromatic N) is 4. The number of benzene rings is 1. The average Bonchev–Trinajstić information content (AvgIpc) is 3.16. The third-order valence-electron chi connectivity index (χ3n) is 5.27. The van der Waals surface area contributed by atoms with E-state index in [1.165, 1.54) is 31.2 Å². The first-order valence-corrected chi connectivity index (χ1v) is 9.48. The molecule has 0 bridgehead atoms. The van der Waals surface area contributed by atoms with Crippen molar-refractivity contribution in [2.24, 2.45) is 0 Å². The first-order chi connectivity index (χ1) is 12.4. The lowest BCUT2D eigenvalue weighted by molar-refractivity contribution is 0.249. The van der Waals surface area contributed by atoms with Crippen molar-refractivity contribution < 1.29 is 0 Å². The maximum Gasteiger partial charge on any atom is 0.224 e. The molecule has 1 aliphatic heterocycles. The first kappa shape index (κ1) is 16.3. The van der Waals surface area contributed by atoms with E-state index in [0.717, 1.165) is 44.5 Å². The Morgan fingerprint density at radius 3 is 2.48 bits per heavy atom. The SMILES string of the molecule is c1ccc(CN2CCN(c3ccnc(NC4CCCC4)n3)CC2)cc1. The molecular formula is C20H27N5. The predicted octanol–water partition coefficient (Wildman–Crippen LogP) is 3.15. The van der Waals surface area contributed by atoms with Crippen LogP contribution in [-0.4, -0.2) is 47.1 Å². The first-order valence-electron chi connectivity index (χ1n) is 9.48. The molecule has 2 heterocycles. The minimum absolute atomic E-state index is 0.554. The number of anilines is 2. The van der Waals surface area contributed by atoms with Crippen LogP contribution in [0.15, 0.2) is 42.6 Å². The van der Waals surface area contributed by atoms with Crippen LogP contribution in [-0.2, 0) is 6.54 Å². The Morgan fingerprint density at radius 1 is 0.960 bits per heavy atom. The molecular weight excluding hydrogens is 310 g/mol. The van der Waals surface area contributed by atoms with Gasteiger partial charge in [-0.2, -0.15) is 4.98 Å². The summed E-state index contributed by atoms with van der Waals surface area (Å²) >= 11 is 0. The average molecular weight is 337 g/mol. The van der Waals surface area contributed by atoms with Gasteiger partial charge in [0, 0.05) is 45.0 Å². The van der Waals surface area contributed by atoms with E-state index >= 15 is 0 Å². The lowest BCUT2D eigenvalue weighted by Crippen LogP contribution is -2.46. The summed E-state index contributed by atoms with van der Waals surface area (Å²) in [7, 11) is 0. The highest BCUT2D eigenvalue weighted by Gasteiger charge is 2.20. The topological polar surface area (TPSA) is 44.3 Å². The van der Waals surface area contributed by atoms with E-state index in [1.54, 1.807) is 0 Å². The van der Waals surface area contributed by atoms with Crippen LogP contribution in [0.2, 0.25) is 0 Å². The van der Waals surface area contributed by atoms with Gasteiger partial charge in [0.05, 0.1) is 0 Å². The van der Waals surface area contributed by atoms with Crippen molar-refractivity contribution in [2.45, 2.75) is 38.3 Å². The van der Waals surface area contributed by atoms with Crippen LogP contribution in [0, 0.1) is 0 Å². The fourth-order valence-corrected chi connectivity index (χ4v) is 3.82. The van der Waals surface area contributed by atoms with Gasteiger partial charge in [0.25, 0.3) is 0 Å². The van der Waals surface area contributed by atoms with E-state index in [0.29, 0.717) is 6.04 Å². The molecule has 0 unspecified atom stereocenters. The third-order valence-corrected chi connectivity index (χ3v) is 5.27. The van der Waals surface area contributed by atoms with Gasteiger partial charge in [-0.1, -0.05) is 43.2 Å². The minimum atomic E-state index is 0.554. The molecule has 1 aromatic heterocycles. The maximum atomic E-state index is 4.75. The lowest BCUT2D eigenvalue weighted by Gasteiger charge is -2.35. The van der Waals surface area contributed by atoms with Gasteiger partial charge in [-0.25, -0.2) is 4.98 Å². The standard InChI is InChI=1S/C20H27N5/c1-2-6-17(7-3-1)16-24-12-14-25(15-13-24)19-10-11-21-20(23-19)22-18-8-4-5-9-18/h1-3,6-7,10-11,18H,4-5,8-9,12-16H2,(H,21,22,23). The summed E-state index contributed by atoms with van der Waals surface area (Å²) in [5.41, 5.74) is 1.39. The molecule has 0 amide bonds. The minimum Gasteiger partial charge on any atom is -0.354 e. The zero-order valence-electron chi connectivity index (χ0n) is 14.8. The van der Waals surface area contributed by atoms with Gasteiger partial charge >= 0.3 is 0 Å². The van der Waals surface area contributed by atoms with Crippen LogP contribution in [0.25, 0.3) is 0 Å². The Labute approximate surface area is 150 Å². The fraction of sp³-hybridized carbons (Fsp3) is 0.500. The normalized spacial score (nSPS) is 19.3. The van der Waals surface area contributed by atoms with Crippen molar-refractivity contribution in [3.05, 3.63) is 48.2 Å². The quantitative estimate of drug-likeness (QED) is 0.908. The highest BCUT2D eigenvalue weighted by molar-refractivity contribution is 5.43. The third kappa shape index (κ3) is 4.28. The number of aromatic nitrogens is 2. The van der Waals surface area contributed by atoms with Gasteiger partial charge in [-0.15, -0.1) is 0 Å². The Kier molecular flexibility index (Phi) is 5.11. The Bertz CT molecular complexity index is 661. The highest BCUT2D eigenvalue weighted by Crippen LogP contribution is 2.22. The molecule has 2 aliphatic rings. The van der Waals surface area contributed by atoms with Crippen molar-refractivity contribution in [3.63, 3.8) is 0 Å². The van der Waals surface area contributed by atoms with Crippen molar-refractivity contribution in [1.29, 1.82) is 0 Å². The van der Waals surface area contributed by atoms with E-state index in [4.69, 9.17) is 4.98 Å². The van der Waals surface area contributed by atoms with E-state index in [-0.39, 0.29) is 0 Å². The molecule has 4 rings (SSSR count). The lowest BCUT2D eigenvalue weighted by atomic mass is 10.2. The summed E-state index contributed by atoms with van der Waals surface area (Å²) in [4.78, 5) is 14.1. The highest BCUT2D eigenvalue weighted by atomic mass is 15.3. The van der Waals surface area contributed by atoms with Gasteiger partial charge in [-0.3, -0.25) is 4.90 Å². The molecule has 25 heavy (non-hydrogen) atoms. The van der Waals surface area contributed by atoms with E-state index in [2.05, 4.69) is 50.4 Å². The smallest absolute Gasteiger partial charge is 0.224 e. The summed E-state index contributed by atoms with van der Waals surface area (Å²) < 4.78 is 0. The van der Waals surface area contributed by atoms with Crippen molar-refractivity contribution in [1.82, 2.24) is 14.9 Å². The molecule has 0 spiro atoms. The number of rotatable bonds is 5. The Balaban J connectivity index is 1.32. The molecule has 1 saturated carbocycles. The second-order valence-corrected chi connectivity index (χ2v) is 7.11. The van der Waals surface area contributed by atoms with Crippen LogP contribution in [0.3, 0.4) is 0 Å². The molecule has 2 aromatic rings. The van der Waals surface area contributed by atoms with Crippen LogP contribution < -0.4 is 10.2 Å². The second kappa shape index (κ2) is 7.83. The maximum absolute atomic E-state index is 4.75. The molecule has 0 radical (unpaired) electrons. The molecule has 1 aromatic carbocycles. The van der Waals surface area contributed by atoms with Crippen LogP contribution >= 0.6 is 0 Å². The van der Waals surface area contributed by atoms with Gasteiger partial charge in [0.2, 0.25) is 5.95 Å². The molecule has 1 aliphatic carbocycles. The number of hydrogen-bond donors (Lipinski definition) is 1. The van der Waals surface area contributed by atoms with Gasteiger partial charge < -0.3 is 10.2 Å². The number of piperazine rings is 1. The van der Waals surface area contributed by atoms with Gasteiger partial charge in [-0.05, 0) is 24.5 Å². The molecule has 1 N–H and O–H groups in total. The van der Waals surface area contributed by atoms with Crippen molar-refractivity contribution >= 4 is 11.8 Å². The Hall–Kier alpha value is -2.14. The van der Waals surface area contributed by atoms with Crippen LogP contribution in [0.1, 0.15) is 31.2 Å². The fourth-order valence-electron chi connectivity index (χ4n) is 3.82. The summed E-state index contributed by atoms with van der Waals surface area (Å²) in [5, 5.41) is 3.50. The van der Waals surface area contributed by atoms with Crippen molar-refractivity contribution in [3.8, 4) is 0 Å². The largest absolute Gasteiger partial charge is 0.354 e. The summed E-state index contributed by atoms with van der Waals surface area (Å²) in [6.45, 7) is 5.22. The summed E-state index contributed by atoms with van der Waals surface area (Å²) in [5.74, 6) is 1.84. The summed E-state index contributed by atoms with van der Waals surface area (Å²) in [6.07, 6.45) is 7.01. The zero-order valence-corrected chi connectivity index (χ0v) is 14.8. The van der Waals surface area contributed by atoms with E-state index in [1.807, 2.05) is 12.3 Å². The molecule has 0 atom stereocenters. The Morgan fingerprint density at radius 2 is 1.72 bits per heavy atom. The molecule has 5 nitrogen and oxygen atoms in total. The molecule has 2 fully saturated rings. The van der Waals surface area contributed by atoms with Crippen LogP contribution in [0.4, 0.5) is 11.8 Å². The molecule has 1 saturated heterocycles. The molecule has 132 valence electrons.